The van der Waals surface area contributed by atoms with Crippen molar-refractivity contribution in [2.75, 3.05) is 26.7 Å². The lowest BCUT2D eigenvalue weighted by Gasteiger charge is -2.38. The van der Waals surface area contributed by atoms with E-state index in [-0.39, 0.29) is 5.91 Å². The lowest BCUT2D eigenvalue weighted by molar-refractivity contribution is -0.122. The smallest absolute Gasteiger partial charge is 0.321 e. The maximum Gasteiger partial charge on any atom is 0.321 e. The van der Waals surface area contributed by atoms with E-state index in [1.807, 2.05) is 0 Å². The van der Waals surface area contributed by atoms with Crippen molar-refractivity contribution in [3.63, 3.8) is 0 Å². The van der Waals surface area contributed by atoms with Crippen molar-refractivity contribution in [3.8, 4) is 0 Å². The van der Waals surface area contributed by atoms with Crippen molar-refractivity contribution in [1.29, 1.82) is 0 Å². The van der Waals surface area contributed by atoms with Crippen molar-refractivity contribution in [3.05, 3.63) is 0 Å². The van der Waals surface area contributed by atoms with Crippen molar-refractivity contribution >= 4 is 11.9 Å². The zero-order chi connectivity index (χ0) is 13.7. The van der Waals surface area contributed by atoms with Crippen molar-refractivity contribution < 1.29 is 9.59 Å². The Labute approximate surface area is 114 Å². The van der Waals surface area contributed by atoms with Crippen LogP contribution in [0.4, 0.5) is 4.79 Å². The van der Waals surface area contributed by atoms with Crippen LogP contribution in [-0.4, -0.2) is 55.6 Å². The third-order valence-corrected chi connectivity index (χ3v) is 4.05. The highest BCUT2D eigenvalue weighted by atomic mass is 16.2. The fourth-order valence-electron chi connectivity index (χ4n) is 3.12. The molecule has 6 heteroatoms. The molecule has 0 radical (unpaired) electrons. The first-order valence-electron chi connectivity index (χ1n) is 7.19. The summed E-state index contributed by atoms with van der Waals surface area (Å²) in [5.74, 6) is -0.218. The highest BCUT2D eigenvalue weighted by Crippen LogP contribution is 2.23. The van der Waals surface area contributed by atoms with Crippen LogP contribution in [0.1, 0.15) is 32.1 Å². The topological polar surface area (TPSA) is 73.5 Å². The van der Waals surface area contributed by atoms with Gasteiger partial charge in [0, 0.05) is 19.1 Å². The summed E-state index contributed by atoms with van der Waals surface area (Å²) in [5.41, 5.74) is 0. The summed E-state index contributed by atoms with van der Waals surface area (Å²) in [7, 11) is 1.51. The Hall–Kier alpha value is -1.14. The Kier molecular flexibility index (Phi) is 5.15. The Morgan fingerprint density at radius 2 is 2.11 bits per heavy atom. The Balaban J connectivity index is 1.88. The second-order valence-electron chi connectivity index (χ2n) is 5.36. The molecule has 2 fully saturated rings. The second kappa shape index (κ2) is 6.86. The van der Waals surface area contributed by atoms with Gasteiger partial charge < -0.3 is 10.6 Å². The molecule has 108 valence electrons. The normalized spacial score (nSPS) is 28.1. The molecule has 2 aliphatic heterocycles. The number of hydrogen-bond acceptors (Lipinski definition) is 4. The molecule has 0 aromatic rings. The highest BCUT2D eigenvalue weighted by molar-refractivity contribution is 5.95. The molecule has 3 N–H and O–H groups in total. The maximum atomic E-state index is 11.8. The first kappa shape index (κ1) is 14.3. The first-order chi connectivity index (χ1) is 9.20. The summed E-state index contributed by atoms with van der Waals surface area (Å²) in [6, 6.07) is 0.511. The zero-order valence-electron chi connectivity index (χ0n) is 11.6. The highest BCUT2D eigenvalue weighted by Gasteiger charge is 2.32. The molecular formula is C13H24N4O2. The Morgan fingerprint density at radius 1 is 1.26 bits per heavy atom. The molecule has 2 unspecified atom stereocenters. The van der Waals surface area contributed by atoms with Crippen molar-refractivity contribution in [2.45, 2.75) is 44.2 Å². The number of amides is 3. The van der Waals surface area contributed by atoms with Crippen LogP contribution in [0.25, 0.3) is 0 Å². The van der Waals surface area contributed by atoms with Gasteiger partial charge in [-0.05, 0) is 38.8 Å². The van der Waals surface area contributed by atoms with Gasteiger partial charge in [-0.2, -0.15) is 0 Å². The fraction of sp³-hybridized carbons (Fsp3) is 0.846. The first-order valence-corrected chi connectivity index (χ1v) is 7.19. The number of hydrogen-bond donors (Lipinski definition) is 3. The Bertz CT molecular complexity index is 329. The maximum absolute atomic E-state index is 11.8. The molecule has 0 aliphatic carbocycles. The van der Waals surface area contributed by atoms with Crippen LogP contribution in [-0.2, 0) is 4.79 Å². The van der Waals surface area contributed by atoms with Gasteiger partial charge in [-0.15, -0.1) is 0 Å². The number of nitrogens with one attached hydrogen (secondary N) is 3. The third-order valence-electron chi connectivity index (χ3n) is 4.05. The summed E-state index contributed by atoms with van der Waals surface area (Å²) >= 11 is 0. The van der Waals surface area contributed by atoms with Crippen molar-refractivity contribution in [2.24, 2.45) is 0 Å². The molecule has 0 spiro atoms. The minimum atomic E-state index is -0.433. The summed E-state index contributed by atoms with van der Waals surface area (Å²) in [6.07, 6.45) is 5.93. The molecule has 3 amide bonds. The number of nitrogens with zero attached hydrogens (tertiary/aromatic N) is 1. The van der Waals surface area contributed by atoms with E-state index in [4.69, 9.17) is 0 Å². The van der Waals surface area contributed by atoms with Gasteiger partial charge in [-0.3, -0.25) is 15.0 Å². The molecule has 6 nitrogen and oxygen atoms in total. The van der Waals surface area contributed by atoms with Gasteiger partial charge in [0.2, 0.25) is 5.91 Å². The van der Waals surface area contributed by atoms with E-state index in [0.29, 0.717) is 18.6 Å². The Morgan fingerprint density at radius 3 is 2.79 bits per heavy atom. The summed E-state index contributed by atoms with van der Waals surface area (Å²) in [4.78, 5) is 25.2. The van der Waals surface area contributed by atoms with Gasteiger partial charge in [0.05, 0.1) is 6.54 Å². The number of rotatable bonds is 3. The lowest BCUT2D eigenvalue weighted by atomic mass is 9.94. The predicted octanol–water partition coefficient (Wildman–Crippen LogP) is 0.0485. The van der Waals surface area contributed by atoms with Crippen LogP contribution in [0.2, 0.25) is 0 Å². The summed E-state index contributed by atoms with van der Waals surface area (Å²) < 4.78 is 0. The average molecular weight is 268 g/mol. The minimum Gasteiger partial charge on any atom is -0.341 e. The van der Waals surface area contributed by atoms with Gasteiger partial charge in [-0.25, -0.2) is 4.79 Å². The van der Waals surface area contributed by atoms with E-state index in [2.05, 4.69) is 20.9 Å². The number of urea groups is 1. The van der Waals surface area contributed by atoms with E-state index in [0.717, 1.165) is 25.9 Å². The van der Waals surface area contributed by atoms with E-state index in [9.17, 15) is 9.59 Å². The zero-order valence-corrected chi connectivity index (χ0v) is 11.6. The van der Waals surface area contributed by atoms with Gasteiger partial charge in [-0.1, -0.05) is 6.42 Å². The monoisotopic (exact) mass is 268 g/mol. The molecule has 19 heavy (non-hydrogen) atoms. The molecule has 2 rings (SSSR count). The van der Waals surface area contributed by atoms with Crippen LogP contribution in [0.5, 0.6) is 0 Å². The van der Waals surface area contributed by atoms with E-state index in [1.54, 1.807) is 0 Å². The SMILES string of the molecule is CNC(=O)NC(=O)CN1CCCCC1C1CCCN1. The van der Waals surface area contributed by atoms with Gasteiger partial charge in [0.25, 0.3) is 0 Å². The van der Waals surface area contributed by atoms with E-state index < -0.39 is 6.03 Å². The molecule has 0 saturated carbocycles. The molecule has 2 heterocycles. The van der Waals surface area contributed by atoms with Crippen LogP contribution in [0, 0.1) is 0 Å². The lowest BCUT2D eigenvalue weighted by Crippen LogP contribution is -2.53. The van der Waals surface area contributed by atoms with Gasteiger partial charge in [0.15, 0.2) is 0 Å². The van der Waals surface area contributed by atoms with Crippen LogP contribution in [0.15, 0.2) is 0 Å². The molecule has 0 aromatic carbocycles. The van der Waals surface area contributed by atoms with E-state index in [1.165, 1.54) is 26.3 Å². The van der Waals surface area contributed by atoms with E-state index >= 15 is 0 Å². The summed E-state index contributed by atoms with van der Waals surface area (Å²) in [6.45, 7) is 2.35. The second-order valence-corrected chi connectivity index (χ2v) is 5.36. The number of imide groups is 1. The van der Waals surface area contributed by atoms with Crippen LogP contribution in [0.3, 0.4) is 0 Å². The molecule has 2 saturated heterocycles. The minimum absolute atomic E-state index is 0.218. The van der Waals surface area contributed by atoms with Crippen LogP contribution < -0.4 is 16.0 Å². The quantitative estimate of drug-likeness (QED) is 0.676. The molecule has 2 aliphatic rings. The number of carbonyl (C=O) groups is 2. The molecule has 0 bridgehead atoms. The average Bonchev–Trinajstić information content (AvgIpc) is 2.93. The number of likely N-dealkylation sites (tertiary alicyclic amines) is 1. The number of piperidine rings is 1. The number of carbonyl (C=O) groups excluding carboxylic acids is 2. The standard InChI is InChI=1S/C13H24N4O2/c1-14-13(19)16-12(18)9-17-8-3-2-6-11(17)10-5-4-7-15-10/h10-11,15H,2-9H2,1H3,(H2,14,16,18,19). The largest absolute Gasteiger partial charge is 0.341 e. The molecule has 2 atom stereocenters. The molecular weight excluding hydrogens is 244 g/mol. The van der Waals surface area contributed by atoms with Crippen molar-refractivity contribution in [1.82, 2.24) is 20.9 Å². The molecule has 0 aromatic heterocycles. The third kappa shape index (κ3) is 3.91. The van der Waals surface area contributed by atoms with Gasteiger partial charge >= 0.3 is 6.03 Å². The predicted molar refractivity (Wildman–Crippen MR) is 72.8 cm³/mol. The van der Waals surface area contributed by atoms with Gasteiger partial charge in [0.1, 0.15) is 0 Å². The van der Waals surface area contributed by atoms with Crippen LogP contribution >= 0.6 is 0 Å². The summed E-state index contributed by atoms with van der Waals surface area (Å²) in [5, 5.41) is 8.26. The fourth-order valence-corrected chi connectivity index (χ4v) is 3.12.